The number of carbonyl (C=O) groups excluding carboxylic acids is 1. The van der Waals surface area contributed by atoms with E-state index in [1.54, 1.807) is 14.2 Å². The highest BCUT2D eigenvalue weighted by molar-refractivity contribution is 5.74. The summed E-state index contributed by atoms with van der Waals surface area (Å²) >= 11 is 0. The second kappa shape index (κ2) is 9.00. The zero-order chi connectivity index (χ0) is 18.7. The van der Waals surface area contributed by atoms with E-state index in [0.29, 0.717) is 18.4 Å². The number of hydrogen-bond donors (Lipinski definition) is 2. The largest absolute Gasteiger partial charge is 0.465 e. The molecule has 0 unspecified atom stereocenters. The van der Waals surface area contributed by atoms with Crippen molar-refractivity contribution in [1.29, 1.82) is 0 Å². The molecule has 0 spiro atoms. The molecule has 2 saturated carbocycles. The fourth-order valence-corrected chi connectivity index (χ4v) is 5.24. The van der Waals surface area contributed by atoms with E-state index in [9.17, 15) is 15.0 Å². The van der Waals surface area contributed by atoms with Gasteiger partial charge in [-0.1, -0.05) is 0 Å². The van der Waals surface area contributed by atoms with E-state index in [1.807, 2.05) is 0 Å². The van der Waals surface area contributed by atoms with Gasteiger partial charge in [0.15, 0.2) is 0 Å². The summed E-state index contributed by atoms with van der Waals surface area (Å²) < 4.78 is 16.2. The molecule has 3 fully saturated rings. The van der Waals surface area contributed by atoms with Gasteiger partial charge in [0.05, 0.1) is 36.9 Å². The summed E-state index contributed by atoms with van der Waals surface area (Å²) in [6.45, 7) is 0.517. The summed E-state index contributed by atoms with van der Waals surface area (Å²) in [5, 5.41) is 20.0. The number of cyclic esters (lactones) is 1. The quantitative estimate of drug-likeness (QED) is 0.695. The molecule has 6 nitrogen and oxygen atoms in total. The molecule has 6 heteroatoms. The van der Waals surface area contributed by atoms with Crippen LogP contribution in [0.5, 0.6) is 0 Å². The fourth-order valence-electron chi connectivity index (χ4n) is 5.24. The lowest BCUT2D eigenvalue weighted by atomic mass is 9.73. The maximum absolute atomic E-state index is 12.3. The van der Waals surface area contributed by atoms with E-state index in [1.165, 1.54) is 0 Å². The minimum Gasteiger partial charge on any atom is -0.465 e. The van der Waals surface area contributed by atoms with Crippen LogP contribution in [0.15, 0.2) is 0 Å². The molecule has 0 aromatic rings. The van der Waals surface area contributed by atoms with Crippen LogP contribution in [0.1, 0.15) is 51.4 Å². The first kappa shape index (κ1) is 20.1. The van der Waals surface area contributed by atoms with Gasteiger partial charge >= 0.3 is 5.97 Å². The number of rotatable bonds is 6. The van der Waals surface area contributed by atoms with Gasteiger partial charge in [0.2, 0.25) is 0 Å². The van der Waals surface area contributed by atoms with Crippen molar-refractivity contribution < 1.29 is 29.2 Å². The summed E-state index contributed by atoms with van der Waals surface area (Å²) in [7, 11) is 3.30. The molecule has 0 aromatic carbocycles. The van der Waals surface area contributed by atoms with Crippen LogP contribution in [0.2, 0.25) is 0 Å². The zero-order valence-corrected chi connectivity index (χ0v) is 16.0. The van der Waals surface area contributed by atoms with Crippen LogP contribution < -0.4 is 0 Å². The first-order valence-electron chi connectivity index (χ1n) is 10.1. The highest BCUT2D eigenvalue weighted by Crippen LogP contribution is 2.40. The maximum atomic E-state index is 12.3. The van der Waals surface area contributed by atoms with Crippen molar-refractivity contribution in [2.75, 3.05) is 20.8 Å². The van der Waals surface area contributed by atoms with Crippen LogP contribution in [0.4, 0.5) is 0 Å². The molecule has 150 valence electrons. The van der Waals surface area contributed by atoms with E-state index in [4.69, 9.17) is 14.2 Å². The van der Waals surface area contributed by atoms with Crippen molar-refractivity contribution in [1.82, 2.24) is 0 Å². The lowest BCUT2D eigenvalue weighted by molar-refractivity contribution is -0.142. The third-order valence-electron chi connectivity index (χ3n) is 6.87. The summed E-state index contributed by atoms with van der Waals surface area (Å²) in [6, 6.07) is 0. The van der Waals surface area contributed by atoms with Gasteiger partial charge in [0, 0.05) is 20.1 Å². The molecule has 2 N–H and O–H groups in total. The Morgan fingerprint density at radius 1 is 0.923 bits per heavy atom. The van der Waals surface area contributed by atoms with Gasteiger partial charge in [-0.25, -0.2) is 0 Å². The first-order valence-corrected chi connectivity index (χ1v) is 10.1. The Morgan fingerprint density at radius 3 is 2.00 bits per heavy atom. The van der Waals surface area contributed by atoms with Gasteiger partial charge in [0.1, 0.15) is 0 Å². The number of carbonyl (C=O) groups is 1. The molecule has 2 aliphatic carbocycles. The number of ether oxygens (including phenoxy) is 3. The van der Waals surface area contributed by atoms with Gasteiger partial charge in [-0.05, 0) is 63.2 Å². The minimum atomic E-state index is -0.387. The van der Waals surface area contributed by atoms with Gasteiger partial charge in [-0.15, -0.1) is 0 Å². The zero-order valence-electron chi connectivity index (χ0n) is 16.0. The summed E-state index contributed by atoms with van der Waals surface area (Å²) in [4.78, 5) is 12.3. The summed E-state index contributed by atoms with van der Waals surface area (Å²) in [6.07, 6.45) is 5.95. The van der Waals surface area contributed by atoms with E-state index in [2.05, 4.69) is 0 Å². The SMILES string of the molecule is CO[C@@H]1C[C@H](C[C@@H]2COC(=O)[C@H]2C[C@@H]2CC[C@@H](O)[C@H](OC)C2)CC[C@H]1O. The fraction of sp³-hybridized carbons (Fsp3) is 0.950. The Labute approximate surface area is 156 Å². The smallest absolute Gasteiger partial charge is 0.309 e. The third kappa shape index (κ3) is 4.58. The number of hydrogen-bond acceptors (Lipinski definition) is 6. The predicted molar refractivity (Wildman–Crippen MR) is 95.5 cm³/mol. The molecule has 0 radical (unpaired) electrons. The minimum absolute atomic E-state index is 0.0411. The third-order valence-corrected chi connectivity index (χ3v) is 6.87. The topological polar surface area (TPSA) is 85.2 Å². The number of aliphatic hydroxyl groups is 2. The number of esters is 1. The standard InChI is InChI=1S/C20H34O6/c1-24-18-9-12(3-5-16(18)21)7-14-11-26-20(23)15(14)8-13-4-6-17(22)19(10-13)25-2/h12-19,21-22H,3-11H2,1-2H3/t12-,13-,14+,15-,16+,17+,18+,19+/m0/s1. The van der Waals surface area contributed by atoms with E-state index in [-0.39, 0.29) is 42.2 Å². The van der Waals surface area contributed by atoms with Crippen molar-refractivity contribution in [3.8, 4) is 0 Å². The Kier molecular flexibility index (Phi) is 6.94. The molecule has 1 saturated heterocycles. The second-order valence-corrected chi connectivity index (χ2v) is 8.51. The highest BCUT2D eigenvalue weighted by Gasteiger charge is 2.42. The molecule has 3 aliphatic rings. The molecule has 3 rings (SSSR count). The van der Waals surface area contributed by atoms with E-state index < -0.39 is 0 Å². The average molecular weight is 370 g/mol. The van der Waals surface area contributed by atoms with Crippen LogP contribution in [-0.4, -0.2) is 61.4 Å². The molecular formula is C20H34O6. The molecule has 0 amide bonds. The molecule has 1 aliphatic heterocycles. The molecule has 26 heavy (non-hydrogen) atoms. The lowest BCUT2D eigenvalue weighted by Crippen LogP contribution is -2.37. The summed E-state index contributed by atoms with van der Waals surface area (Å²) in [5.74, 6) is 1.04. The van der Waals surface area contributed by atoms with Crippen LogP contribution in [0.3, 0.4) is 0 Å². The van der Waals surface area contributed by atoms with Crippen molar-refractivity contribution in [3.63, 3.8) is 0 Å². The first-order chi connectivity index (χ1) is 12.5. The van der Waals surface area contributed by atoms with E-state index in [0.717, 1.165) is 51.4 Å². The summed E-state index contributed by atoms with van der Waals surface area (Å²) in [5.41, 5.74) is 0. The molecule has 0 aromatic heterocycles. The van der Waals surface area contributed by atoms with Gasteiger partial charge in [-0.3, -0.25) is 4.79 Å². The monoisotopic (exact) mass is 370 g/mol. The molecule has 0 bridgehead atoms. The van der Waals surface area contributed by atoms with Crippen LogP contribution in [0.25, 0.3) is 0 Å². The maximum Gasteiger partial charge on any atom is 0.309 e. The molecule has 1 heterocycles. The Balaban J connectivity index is 1.55. The van der Waals surface area contributed by atoms with Crippen LogP contribution >= 0.6 is 0 Å². The van der Waals surface area contributed by atoms with Gasteiger partial charge < -0.3 is 24.4 Å². The van der Waals surface area contributed by atoms with Crippen LogP contribution in [0, 0.1) is 23.7 Å². The normalized spacial score (nSPS) is 44.1. The molecular weight excluding hydrogens is 336 g/mol. The lowest BCUT2D eigenvalue weighted by Gasteiger charge is -2.35. The van der Waals surface area contributed by atoms with Gasteiger partial charge in [-0.2, -0.15) is 0 Å². The van der Waals surface area contributed by atoms with E-state index >= 15 is 0 Å². The van der Waals surface area contributed by atoms with Gasteiger partial charge in [0.25, 0.3) is 0 Å². The van der Waals surface area contributed by atoms with Crippen molar-refractivity contribution in [2.24, 2.45) is 23.7 Å². The van der Waals surface area contributed by atoms with Crippen LogP contribution in [-0.2, 0) is 19.0 Å². The molecule has 8 atom stereocenters. The number of methoxy groups -OCH3 is 2. The van der Waals surface area contributed by atoms with Crippen molar-refractivity contribution in [2.45, 2.75) is 75.8 Å². The Bertz CT molecular complexity index is 469. The number of aliphatic hydroxyl groups excluding tert-OH is 2. The Morgan fingerprint density at radius 2 is 1.46 bits per heavy atom. The second-order valence-electron chi connectivity index (χ2n) is 8.51. The van der Waals surface area contributed by atoms with Crippen molar-refractivity contribution >= 4 is 5.97 Å². The predicted octanol–water partition coefficient (Wildman–Crippen LogP) is 1.91. The highest BCUT2D eigenvalue weighted by atomic mass is 16.5. The van der Waals surface area contributed by atoms with Crippen molar-refractivity contribution in [3.05, 3.63) is 0 Å². The Hall–Kier alpha value is -0.690. The average Bonchev–Trinajstić information content (AvgIpc) is 2.98.